The standard InChI is InChI=1S/C66H42N2O/c1-3-12-43(13-4-1)45-22-24-48(25-23-45)54-18-11-20-63-66(54)59-42-51(31-38-62(59)68(63)53-33-26-46(27-34-53)44-14-5-2-6-15-44)50-30-37-61-57(40-50)55-16-7-9-19-60(55)67(61)52-35-28-47(29-36-52)49-32-39-65-58(41-49)56-17-8-10-21-64(56)69-65/h1-42H/i7D,9D,16D,19D,30D,37D,40D. The van der Waals surface area contributed by atoms with Crippen LogP contribution in [0.5, 0.6) is 0 Å². The van der Waals surface area contributed by atoms with Gasteiger partial charge in [0.05, 0.1) is 31.7 Å². The van der Waals surface area contributed by atoms with Crippen LogP contribution in [0.15, 0.2) is 259 Å². The molecule has 0 radical (unpaired) electrons. The molecule has 0 bridgehead atoms. The number of hydrogen-bond acceptors (Lipinski definition) is 1. The molecule has 322 valence electrons. The van der Waals surface area contributed by atoms with E-state index in [4.69, 9.17) is 7.16 Å². The van der Waals surface area contributed by atoms with Gasteiger partial charge in [-0.2, -0.15) is 0 Å². The minimum atomic E-state index is -0.438. The highest BCUT2D eigenvalue weighted by atomic mass is 16.3. The van der Waals surface area contributed by atoms with E-state index in [0.717, 1.165) is 93.9 Å². The van der Waals surface area contributed by atoms with Crippen LogP contribution in [-0.4, -0.2) is 9.13 Å². The molecule has 0 aliphatic rings. The largest absolute Gasteiger partial charge is 0.456 e. The van der Waals surface area contributed by atoms with Crippen LogP contribution in [0, 0.1) is 0 Å². The van der Waals surface area contributed by atoms with E-state index in [9.17, 15) is 6.85 Å². The topological polar surface area (TPSA) is 23.0 Å². The number of benzene rings is 11. The Labute approximate surface area is 408 Å². The van der Waals surface area contributed by atoms with Gasteiger partial charge in [0.2, 0.25) is 0 Å². The second kappa shape index (κ2) is 15.7. The van der Waals surface area contributed by atoms with Crippen molar-refractivity contribution >= 4 is 65.6 Å². The molecule has 0 aliphatic heterocycles. The third kappa shape index (κ3) is 6.43. The molecular weight excluding hydrogens is 837 g/mol. The molecule has 0 unspecified atom stereocenters. The molecule has 0 fully saturated rings. The van der Waals surface area contributed by atoms with Crippen LogP contribution in [-0.2, 0) is 0 Å². The van der Waals surface area contributed by atoms with Gasteiger partial charge in [-0.05, 0) is 134 Å². The van der Waals surface area contributed by atoms with Crippen molar-refractivity contribution in [2.75, 3.05) is 0 Å². The van der Waals surface area contributed by atoms with Gasteiger partial charge < -0.3 is 13.6 Å². The number of para-hydroxylation sites is 2. The lowest BCUT2D eigenvalue weighted by molar-refractivity contribution is 0.669. The first-order valence-electron chi connectivity index (χ1n) is 26.6. The minimum absolute atomic E-state index is 0.0987. The quantitative estimate of drug-likeness (QED) is 0.156. The van der Waals surface area contributed by atoms with Crippen LogP contribution in [0.2, 0.25) is 0 Å². The second-order valence-corrected chi connectivity index (χ2v) is 17.5. The third-order valence-corrected chi connectivity index (χ3v) is 13.6. The number of aromatic nitrogens is 2. The Morgan fingerprint density at radius 1 is 0.304 bits per heavy atom. The highest BCUT2D eigenvalue weighted by Crippen LogP contribution is 2.43. The maximum atomic E-state index is 10.1. The van der Waals surface area contributed by atoms with Crippen molar-refractivity contribution in [3.05, 3.63) is 255 Å². The summed E-state index contributed by atoms with van der Waals surface area (Å²) in [7, 11) is 0. The predicted molar refractivity (Wildman–Crippen MR) is 290 cm³/mol. The molecule has 0 aliphatic carbocycles. The molecule has 3 heterocycles. The van der Waals surface area contributed by atoms with E-state index in [2.05, 4.69) is 102 Å². The third-order valence-electron chi connectivity index (χ3n) is 13.6. The maximum Gasteiger partial charge on any atom is 0.135 e. The van der Waals surface area contributed by atoms with Crippen molar-refractivity contribution < 1.29 is 14.0 Å². The molecule has 0 spiro atoms. The summed E-state index contributed by atoms with van der Waals surface area (Å²) in [6, 6.07) is 69.6. The van der Waals surface area contributed by atoms with Gasteiger partial charge in [0.15, 0.2) is 0 Å². The van der Waals surface area contributed by atoms with E-state index >= 15 is 0 Å². The lowest BCUT2D eigenvalue weighted by atomic mass is 9.95. The van der Waals surface area contributed by atoms with Crippen molar-refractivity contribution in [2.24, 2.45) is 0 Å². The van der Waals surface area contributed by atoms with Crippen LogP contribution in [0.1, 0.15) is 9.60 Å². The van der Waals surface area contributed by atoms with E-state index in [1.807, 2.05) is 115 Å². The van der Waals surface area contributed by atoms with Crippen molar-refractivity contribution in [2.45, 2.75) is 0 Å². The van der Waals surface area contributed by atoms with Gasteiger partial charge in [-0.1, -0.05) is 176 Å². The van der Waals surface area contributed by atoms with Gasteiger partial charge in [0, 0.05) is 43.7 Å². The van der Waals surface area contributed by atoms with Gasteiger partial charge in [0.1, 0.15) is 11.2 Å². The number of furan rings is 1. The Morgan fingerprint density at radius 2 is 0.841 bits per heavy atom. The smallest absolute Gasteiger partial charge is 0.135 e. The number of rotatable bonds is 7. The second-order valence-electron chi connectivity index (χ2n) is 17.5. The molecule has 14 aromatic rings. The monoisotopic (exact) mass is 885 g/mol. The Hall–Kier alpha value is -9.18. The first-order valence-corrected chi connectivity index (χ1v) is 23.1. The molecule has 69 heavy (non-hydrogen) atoms. The molecule has 0 saturated carbocycles. The highest BCUT2D eigenvalue weighted by Gasteiger charge is 2.19. The van der Waals surface area contributed by atoms with Crippen molar-refractivity contribution in [3.8, 4) is 67.0 Å². The zero-order valence-corrected chi connectivity index (χ0v) is 37.0. The first-order chi connectivity index (χ1) is 37.1. The summed E-state index contributed by atoms with van der Waals surface area (Å²) in [6.07, 6.45) is 0. The molecule has 3 aromatic heterocycles. The summed E-state index contributed by atoms with van der Waals surface area (Å²) in [4.78, 5) is 0. The predicted octanol–water partition coefficient (Wildman–Crippen LogP) is 18.1. The summed E-state index contributed by atoms with van der Waals surface area (Å²) >= 11 is 0. The van der Waals surface area contributed by atoms with Crippen LogP contribution in [0.4, 0.5) is 0 Å². The average molecular weight is 886 g/mol. The summed E-state index contributed by atoms with van der Waals surface area (Å²) in [5.74, 6) is 0. The van der Waals surface area contributed by atoms with Crippen LogP contribution < -0.4 is 0 Å². The highest BCUT2D eigenvalue weighted by molar-refractivity contribution is 6.17. The van der Waals surface area contributed by atoms with Gasteiger partial charge in [-0.25, -0.2) is 0 Å². The van der Waals surface area contributed by atoms with Crippen molar-refractivity contribution in [1.29, 1.82) is 0 Å². The van der Waals surface area contributed by atoms with Gasteiger partial charge >= 0.3 is 0 Å². The Bertz CT molecular complexity index is 4680. The van der Waals surface area contributed by atoms with E-state index < -0.39 is 12.1 Å². The normalized spacial score (nSPS) is 13.2. The maximum absolute atomic E-state index is 10.1. The van der Waals surface area contributed by atoms with Crippen molar-refractivity contribution in [1.82, 2.24) is 9.13 Å². The van der Waals surface area contributed by atoms with Crippen LogP contribution in [0.3, 0.4) is 0 Å². The fraction of sp³-hybridized carbons (Fsp3) is 0. The zero-order valence-electron chi connectivity index (χ0n) is 44.0. The minimum Gasteiger partial charge on any atom is -0.456 e. The molecule has 0 atom stereocenters. The van der Waals surface area contributed by atoms with Crippen LogP contribution in [0.25, 0.3) is 133 Å². The fourth-order valence-electron chi connectivity index (χ4n) is 10.3. The lowest BCUT2D eigenvalue weighted by Crippen LogP contribution is -1.94. The number of nitrogens with zero attached hydrogens (tertiary/aromatic N) is 2. The average Bonchev–Trinajstić information content (AvgIpc) is 4.17. The Balaban J connectivity index is 0.968. The fourth-order valence-corrected chi connectivity index (χ4v) is 10.3. The first kappa shape index (κ1) is 32.5. The molecule has 11 aromatic carbocycles. The van der Waals surface area contributed by atoms with E-state index in [0.29, 0.717) is 11.3 Å². The van der Waals surface area contributed by atoms with E-state index in [-0.39, 0.29) is 57.6 Å². The summed E-state index contributed by atoms with van der Waals surface area (Å²) in [6.45, 7) is 0. The van der Waals surface area contributed by atoms with Gasteiger partial charge in [-0.3, -0.25) is 0 Å². The Morgan fingerprint density at radius 3 is 1.58 bits per heavy atom. The summed E-state index contributed by atoms with van der Waals surface area (Å²) in [5, 5.41) is 4.18. The molecule has 3 heteroatoms. The SMILES string of the molecule is [2H]c1c([2H])c([2H])c2c(c1[2H])c1c([2H])c(-c3ccc4c(c3)c3c(-c5ccc(-c6ccccc6)cc5)cccc3n4-c3ccc(-c4ccccc4)cc3)c([2H])c([2H])c1n2-c1ccc(-c2ccc3oc4ccccc4c3c2)cc1. The number of hydrogen-bond donors (Lipinski definition) is 0. The van der Waals surface area contributed by atoms with Gasteiger partial charge in [0.25, 0.3) is 0 Å². The molecule has 0 amide bonds. The zero-order chi connectivity index (χ0) is 51.5. The summed E-state index contributed by atoms with van der Waals surface area (Å²) < 4.78 is 76.1. The van der Waals surface area contributed by atoms with E-state index in [1.165, 1.54) is 0 Å². The molecular formula is C66H42N2O. The lowest BCUT2D eigenvalue weighted by Gasteiger charge is -2.11. The summed E-state index contributed by atoms with van der Waals surface area (Å²) in [5.41, 5.74) is 14.3. The number of fused-ring (bicyclic) bond motifs is 9. The van der Waals surface area contributed by atoms with Gasteiger partial charge in [-0.15, -0.1) is 0 Å². The van der Waals surface area contributed by atoms with E-state index in [1.54, 1.807) is 4.57 Å². The molecule has 0 N–H and O–H groups in total. The van der Waals surface area contributed by atoms with Crippen molar-refractivity contribution in [3.63, 3.8) is 0 Å². The Kier molecular flexibility index (Phi) is 7.40. The van der Waals surface area contributed by atoms with Crippen LogP contribution >= 0.6 is 0 Å². The molecule has 14 rings (SSSR count). The molecule has 3 nitrogen and oxygen atoms in total. The molecule has 0 saturated heterocycles.